The topological polar surface area (TPSA) is 41.6 Å². The van der Waals surface area contributed by atoms with Crippen LogP contribution in [0.25, 0.3) is 0 Å². The molecular weight excluding hydrogens is 312 g/mol. The molecule has 3 spiro atoms. The number of nitrogens with zero attached hydrogens (tertiary/aromatic N) is 1. The van der Waals surface area contributed by atoms with Gasteiger partial charge in [0.05, 0.1) is 18.6 Å². The van der Waals surface area contributed by atoms with Crippen molar-refractivity contribution in [1.82, 2.24) is 4.90 Å². The lowest BCUT2D eigenvalue weighted by atomic mass is 9.40. The van der Waals surface area contributed by atoms with Gasteiger partial charge in [-0.1, -0.05) is 30.4 Å². The van der Waals surface area contributed by atoms with E-state index in [-0.39, 0.29) is 28.3 Å². The highest BCUT2D eigenvalue weighted by Gasteiger charge is 2.78. The second kappa shape index (κ2) is 4.29. The Bertz CT molecular complexity index is 820. The van der Waals surface area contributed by atoms with Crippen LogP contribution in [0.4, 0.5) is 5.69 Å². The molecule has 0 amide bonds. The fraction of sp³-hybridized carbons (Fsp3) is 0.571. The summed E-state index contributed by atoms with van der Waals surface area (Å²) in [6, 6.07) is 9.29. The van der Waals surface area contributed by atoms with E-state index in [9.17, 15) is 4.79 Å². The predicted molar refractivity (Wildman–Crippen MR) is 95.4 cm³/mol. The van der Waals surface area contributed by atoms with Crippen molar-refractivity contribution in [3.63, 3.8) is 0 Å². The first-order valence-corrected chi connectivity index (χ1v) is 9.54. The highest BCUT2D eigenvalue weighted by Crippen LogP contribution is 2.73. The normalized spacial score (nSPS) is 45.5. The van der Waals surface area contributed by atoms with Crippen LogP contribution in [0.15, 0.2) is 36.4 Å². The Labute approximate surface area is 148 Å². The van der Waals surface area contributed by atoms with Crippen molar-refractivity contribution in [2.75, 3.05) is 25.5 Å². The van der Waals surface area contributed by atoms with Gasteiger partial charge in [0.1, 0.15) is 0 Å². The van der Waals surface area contributed by atoms with Crippen LogP contribution in [0.3, 0.4) is 0 Å². The van der Waals surface area contributed by atoms with E-state index < -0.39 is 0 Å². The molecule has 3 heterocycles. The third-order valence-corrected chi connectivity index (χ3v) is 8.17. The van der Waals surface area contributed by atoms with Crippen LogP contribution >= 0.6 is 0 Å². The molecule has 25 heavy (non-hydrogen) atoms. The maximum Gasteiger partial charge on any atom is 0.311 e. The highest BCUT2D eigenvalue weighted by atomic mass is 16.5. The maximum absolute atomic E-state index is 12.9. The van der Waals surface area contributed by atoms with Gasteiger partial charge in [-0.2, -0.15) is 0 Å². The highest BCUT2D eigenvalue weighted by molar-refractivity contribution is 5.81. The van der Waals surface area contributed by atoms with E-state index in [4.69, 9.17) is 4.74 Å². The number of esters is 1. The van der Waals surface area contributed by atoms with Crippen LogP contribution in [0.5, 0.6) is 0 Å². The lowest BCUT2D eigenvalue weighted by Gasteiger charge is -2.67. The number of anilines is 1. The van der Waals surface area contributed by atoms with E-state index in [1.54, 1.807) is 7.11 Å². The van der Waals surface area contributed by atoms with Gasteiger partial charge < -0.3 is 10.1 Å². The van der Waals surface area contributed by atoms with Crippen molar-refractivity contribution in [2.24, 2.45) is 11.3 Å². The molecule has 3 aliphatic carbocycles. The summed E-state index contributed by atoms with van der Waals surface area (Å²) in [6.07, 6.45) is 9.08. The molecule has 4 fully saturated rings. The number of rotatable bonds is 1. The summed E-state index contributed by atoms with van der Waals surface area (Å²) in [5.41, 5.74) is 2.65. The lowest BCUT2D eigenvalue weighted by molar-refractivity contribution is -0.162. The Hall–Kier alpha value is -1.81. The molecule has 7 rings (SSSR count). The number of fused-ring (bicyclic) bond motifs is 3. The van der Waals surface area contributed by atoms with Gasteiger partial charge in [-0.25, -0.2) is 0 Å². The standard InChI is InChI=1S/C21H24N2O2/c1-25-17(24)15-13-19-7-4-11-23-12-10-20(18(19)23)14-5-2-3-6-16(14)22-21(15,20)9-8-19/h2-7,15,18,22H,8-13H2,1H3/t15-,18+,19-,20+,21+/m1/s1. The Kier molecular flexibility index (Phi) is 2.47. The first kappa shape index (κ1) is 14.4. The van der Waals surface area contributed by atoms with E-state index in [0.717, 1.165) is 32.4 Å². The molecule has 3 saturated carbocycles. The van der Waals surface area contributed by atoms with Crippen molar-refractivity contribution in [1.29, 1.82) is 0 Å². The molecule has 1 aromatic carbocycles. The van der Waals surface area contributed by atoms with Gasteiger partial charge in [-0.3, -0.25) is 9.69 Å². The molecule has 4 nitrogen and oxygen atoms in total. The SMILES string of the molecule is COC(=O)[C@H]1C[C@@]23C=CCN4CC[C@]5(c6ccccc6N[C@@]15CC2)[C@@H]43. The van der Waals surface area contributed by atoms with Crippen molar-refractivity contribution in [3.05, 3.63) is 42.0 Å². The zero-order chi connectivity index (χ0) is 16.9. The minimum Gasteiger partial charge on any atom is -0.469 e. The van der Waals surface area contributed by atoms with Crippen molar-refractivity contribution < 1.29 is 9.53 Å². The average Bonchev–Trinajstić information content (AvgIpc) is 3.19. The average molecular weight is 336 g/mol. The Morgan fingerprint density at radius 3 is 3.04 bits per heavy atom. The predicted octanol–water partition coefficient (Wildman–Crippen LogP) is 2.71. The molecule has 0 unspecified atom stereocenters. The van der Waals surface area contributed by atoms with Gasteiger partial charge in [-0.05, 0) is 43.9 Å². The van der Waals surface area contributed by atoms with Crippen molar-refractivity contribution >= 4 is 11.7 Å². The number of methoxy groups -OCH3 is 1. The van der Waals surface area contributed by atoms with Crippen LogP contribution in [-0.4, -0.2) is 42.6 Å². The second-order valence-electron chi connectivity index (χ2n) is 8.68. The number of nitrogens with one attached hydrogen (secondary N) is 1. The van der Waals surface area contributed by atoms with Crippen LogP contribution in [0, 0.1) is 11.3 Å². The lowest BCUT2D eigenvalue weighted by Crippen LogP contribution is -2.76. The smallest absolute Gasteiger partial charge is 0.311 e. The van der Waals surface area contributed by atoms with Crippen LogP contribution in [0.2, 0.25) is 0 Å². The van der Waals surface area contributed by atoms with Crippen LogP contribution < -0.4 is 5.32 Å². The molecule has 6 aliphatic rings. The fourth-order valence-electron chi connectivity index (χ4n) is 7.56. The van der Waals surface area contributed by atoms with Crippen LogP contribution in [0.1, 0.15) is 31.2 Å². The summed E-state index contributed by atoms with van der Waals surface area (Å²) < 4.78 is 5.31. The zero-order valence-electron chi connectivity index (χ0n) is 14.6. The number of ether oxygens (including phenoxy) is 1. The van der Waals surface area contributed by atoms with E-state index in [1.807, 2.05) is 0 Å². The number of para-hydroxylation sites is 1. The molecule has 130 valence electrons. The van der Waals surface area contributed by atoms with Crippen molar-refractivity contribution in [3.8, 4) is 0 Å². The maximum atomic E-state index is 12.9. The monoisotopic (exact) mass is 336 g/mol. The number of carbonyl (C=O) groups is 1. The van der Waals surface area contributed by atoms with Gasteiger partial charge in [0, 0.05) is 29.1 Å². The molecule has 0 aromatic heterocycles. The van der Waals surface area contributed by atoms with E-state index >= 15 is 0 Å². The summed E-state index contributed by atoms with van der Waals surface area (Å²) in [5, 5.41) is 3.90. The molecule has 4 heteroatoms. The molecule has 2 bridgehead atoms. The number of benzene rings is 1. The molecule has 1 N–H and O–H groups in total. The summed E-state index contributed by atoms with van der Waals surface area (Å²) in [4.78, 5) is 15.6. The van der Waals surface area contributed by atoms with E-state index in [0.29, 0.717) is 6.04 Å². The summed E-state index contributed by atoms with van der Waals surface area (Å²) in [5.74, 6) is -0.104. The first-order valence-electron chi connectivity index (χ1n) is 9.54. The third-order valence-electron chi connectivity index (χ3n) is 8.17. The van der Waals surface area contributed by atoms with Gasteiger partial charge in [0.15, 0.2) is 0 Å². The third kappa shape index (κ3) is 1.34. The molecule has 1 aromatic rings. The second-order valence-corrected chi connectivity index (χ2v) is 8.68. The fourth-order valence-corrected chi connectivity index (χ4v) is 7.56. The molecule has 3 aliphatic heterocycles. The van der Waals surface area contributed by atoms with Gasteiger partial charge in [0.25, 0.3) is 0 Å². The van der Waals surface area contributed by atoms with Crippen molar-refractivity contribution in [2.45, 2.75) is 42.7 Å². The largest absolute Gasteiger partial charge is 0.469 e. The first-order chi connectivity index (χ1) is 12.2. The Balaban J connectivity index is 1.67. The number of hydrogen-bond donors (Lipinski definition) is 1. The summed E-state index contributed by atoms with van der Waals surface area (Å²) >= 11 is 0. The van der Waals surface area contributed by atoms with E-state index in [2.05, 4.69) is 46.6 Å². The van der Waals surface area contributed by atoms with E-state index in [1.165, 1.54) is 17.7 Å². The quantitative estimate of drug-likeness (QED) is 0.632. The van der Waals surface area contributed by atoms with Gasteiger partial charge >= 0.3 is 5.97 Å². The number of hydrogen-bond acceptors (Lipinski definition) is 4. The minimum atomic E-state index is -0.184. The summed E-state index contributed by atoms with van der Waals surface area (Å²) in [6.45, 7) is 2.18. The summed E-state index contributed by atoms with van der Waals surface area (Å²) in [7, 11) is 1.54. The zero-order valence-corrected chi connectivity index (χ0v) is 14.6. The molecule has 1 saturated heterocycles. The number of carbonyl (C=O) groups excluding carboxylic acids is 1. The van der Waals surface area contributed by atoms with Gasteiger partial charge in [-0.15, -0.1) is 0 Å². The Morgan fingerprint density at radius 2 is 2.16 bits per heavy atom. The minimum absolute atomic E-state index is 0.0315. The molecular formula is C21H24N2O2. The molecule has 5 atom stereocenters. The van der Waals surface area contributed by atoms with Crippen LogP contribution in [-0.2, 0) is 14.9 Å². The van der Waals surface area contributed by atoms with Gasteiger partial charge in [0.2, 0.25) is 0 Å². The Morgan fingerprint density at radius 1 is 1.28 bits per heavy atom. The molecule has 0 radical (unpaired) electrons.